The fraction of sp³-hybridized carbons (Fsp3) is 0.786. The van der Waals surface area contributed by atoms with Gasteiger partial charge in [0.25, 0.3) is 0 Å². The highest BCUT2D eigenvalue weighted by Gasteiger charge is 2.32. The van der Waals surface area contributed by atoms with E-state index in [0.717, 1.165) is 0 Å². The van der Waals surface area contributed by atoms with E-state index < -0.39 is 78.8 Å². The number of nitrogens with two attached hydrogens (primary N) is 3. The van der Waals surface area contributed by atoms with E-state index in [4.69, 9.17) is 22.3 Å². The summed E-state index contributed by atoms with van der Waals surface area (Å²) in [5.74, 6) is -4.48. The Balaban J connectivity index is 5.55. The monoisotopic (exact) mass is 614 g/mol. The predicted octanol–water partition coefficient (Wildman–Crippen LogP) is -2.28. The molecule has 0 aromatic carbocycles. The van der Waals surface area contributed by atoms with E-state index in [1.807, 2.05) is 20.8 Å². The minimum absolute atomic E-state index is 0.00904. The lowest BCUT2D eigenvalue weighted by Gasteiger charge is -2.27. The van der Waals surface area contributed by atoms with Crippen molar-refractivity contribution in [2.24, 2.45) is 35.0 Å². The standard InChI is InChI=1S/C28H54N8O7/c1-7-17(6)23(36-27(42)20(12-15(2)3)34-25(40)18(30)14-37)28(43)32-13-21(38)33-19(10-8-9-11-29)26(41)35-22(16(4)5)24(31)39/h15-20,22-23,37H,7-14,29-30H2,1-6H3,(H2,31,39)(H,32,43)(H,33,38)(H,34,40)(H,35,41)(H,36,42)/t17-,18+,19-,20-,22+,23-/m0/s1. The van der Waals surface area contributed by atoms with Crippen LogP contribution in [0.1, 0.15) is 73.6 Å². The number of rotatable bonds is 21. The van der Waals surface area contributed by atoms with Crippen molar-refractivity contribution in [2.45, 2.75) is 104 Å². The number of hydrogen-bond donors (Lipinski definition) is 9. The van der Waals surface area contributed by atoms with Crippen molar-refractivity contribution in [1.29, 1.82) is 0 Å². The van der Waals surface area contributed by atoms with Crippen molar-refractivity contribution in [3.63, 3.8) is 0 Å². The average Bonchev–Trinajstić information content (AvgIpc) is 2.94. The van der Waals surface area contributed by atoms with Gasteiger partial charge in [-0.1, -0.05) is 48.0 Å². The molecule has 248 valence electrons. The summed E-state index contributed by atoms with van der Waals surface area (Å²) < 4.78 is 0. The quantitative estimate of drug-likeness (QED) is 0.0630. The Labute approximate surface area is 254 Å². The zero-order valence-corrected chi connectivity index (χ0v) is 26.4. The Kier molecular flexibility index (Phi) is 19.0. The molecular formula is C28H54N8O7. The van der Waals surface area contributed by atoms with Crippen molar-refractivity contribution in [2.75, 3.05) is 19.7 Å². The van der Waals surface area contributed by atoms with Crippen molar-refractivity contribution < 1.29 is 33.9 Å². The molecule has 0 saturated carbocycles. The number of amides is 6. The third-order valence-electron chi connectivity index (χ3n) is 6.96. The van der Waals surface area contributed by atoms with Crippen LogP contribution in [0.4, 0.5) is 0 Å². The molecule has 0 spiro atoms. The van der Waals surface area contributed by atoms with Crippen LogP contribution < -0.4 is 43.8 Å². The molecule has 15 nitrogen and oxygen atoms in total. The molecule has 0 saturated heterocycles. The van der Waals surface area contributed by atoms with E-state index in [0.29, 0.717) is 25.8 Å². The molecule has 0 aliphatic rings. The van der Waals surface area contributed by atoms with Gasteiger partial charge in [0, 0.05) is 0 Å². The van der Waals surface area contributed by atoms with Gasteiger partial charge in [-0.2, -0.15) is 0 Å². The molecule has 43 heavy (non-hydrogen) atoms. The number of primary amides is 1. The summed E-state index contributed by atoms with van der Waals surface area (Å²) >= 11 is 0. The van der Waals surface area contributed by atoms with E-state index in [1.54, 1.807) is 20.8 Å². The number of unbranched alkanes of at least 4 members (excludes halogenated alkanes) is 1. The molecule has 0 aromatic rings. The van der Waals surface area contributed by atoms with Gasteiger partial charge in [0.1, 0.15) is 30.2 Å². The Bertz CT molecular complexity index is 931. The van der Waals surface area contributed by atoms with Crippen LogP contribution in [-0.2, 0) is 28.8 Å². The summed E-state index contributed by atoms with van der Waals surface area (Å²) in [5, 5.41) is 22.0. The molecule has 6 amide bonds. The van der Waals surface area contributed by atoms with Gasteiger partial charge >= 0.3 is 0 Å². The molecule has 12 N–H and O–H groups in total. The first kappa shape index (κ1) is 39.7. The van der Waals surface area contributed by atoms with Crippen LogP contribution in [0, 0.1) is 17.8 Å². The summed E-state index contributed by atoms with van der Waals surface area (Å²) in [6, 6.07) is -5.16. The topological polar surface area (TPSA) is 261 Å². The second kappa shape index (κ2) is 20.6. The zero-order valence-electron chi connectivity index (χ0n) is 26.4. The van der Waals surface area contributed by atoms with E-state index in [-0.39, 0.29) is 30.6 Å². The lowest BCUT2D eigenvalue weighted by Crippen LogP contribution is -2.58. The first-order valence-corrected chi connectivity index (χ1v) is 14.9. The lowest BCUT2D eigenvalue weighted by molar-refractivity contribution is -0.134. The smallest absolute Gasteiger partial charge is 0.243 e. The highest BCUT2D eigenvalue weighted by molar-refractivity contribution is 5.95. The first-order valence-electron chi connectivity index (χ1n) is 14.9. The predicted molar refractivity (Wildman–Crippen MR) is 162 cm³/mol. The average molecular weight is 615 g/mol. The summed E-state index contributed by atoms with van der Waals surface area (Å²) in [5.41, 5.74) is 16.5. The van der Waals surface area contributed by atoms with Gasteiger partial charge in [-0.3, -0.25) is 28.8 Å². The summed E-state index contributed by atoms with van der Waals surface area (Å²) in [4.78, 5) is 76.0. The molecule has 0 aliphatic heterocycles. The van der Waals surface area contributed by atoms with E-state index in [2.05, 4.69) is 26.6 Å². The second-order valence-electron chi connectivity index (χ2n) is 11.6. The molecule has 0 heterocycles. The van der Waals surface area contributed by atoms with Gasteiger partial charge in [0.2, 0.25) is 35.4 Å². The van der Waals surface area contributed by atoms with Crippen molar-refractivity contribution >= 4 is 35.4 Å². The number of hydrogen-bond acceptors (Lipinski definition) is 9. The van der Waals surface area contributed by atoms with Gasteiger partial charge in [-0.15, -0.1) is 0 Å². The van der Waals surface area contributed by atoms with Gasteiger partial charge in [0.15, 0.2) is 0 Å². The van der Waals surface area contributed by atoms with E-state index >= 15 is 0 Å². The Morgan fingerprint density at radius 2 is 1.35 bits per heavy atom. The fourth-order valence-electron chi connectivity index (χ4n) is 4.12. The van der Waals surface area contributed by atoms with Crippen LogP contribution in [0.5, 0.6) is 0 Å². The van der Waals surface area contributed by atoms with Gasteiger partial charge in [-0.05, 0) is 50.0 Å². The summed E-state index contributed by atoms with van der Waals surface area (Å²) in [7, 11) is 0. The molecule has 0 radical (unpaired) electrons. The van der Waals surface area contributed by atoms with Gasteiger partial charge in [-0.25, -0.2) is 0 Å². The van der Waals surface area contributed by atoms with Crippen LogP contribution in [0.25, 0.3) is 0 Å². The third-order valence-corrected chi connectivity index (χ3v) is 6.96. The minimum atomic E-state index is -1.21. The number of nitrogens with one attached hydrogen (secondary N) is 5. The Morgan fingerprint density at radius 1 is 0.767 bits per heavy atom. The number of aliphatic hydroxyl groups is 1. The van der Waals surface area contributed by atoms with Crippen molar-refractivity contribution in [3.8, 4) is 0 Å². The summed E-state index contributed by atoms with van der Waals surface area (Å²) in [6.07, 6.45) is 2.17. The van der Waals surface area contributed by atoms with Crippen LogP contribution >= 0.6 is 0 Å². The van der Waals surface area contributed by atoms with Crippen molar-refractivity contribution in [1.82, 2.24) is 26.6 Å². The molecule has 0 aromatic heterocycles. The maximum absolute atomic E-state index is 13.2. The largest absolute Gasteiger partial charge is 0.394 e. The van der Waals surface area contributed by atoms with Crippen molar-refractivity contribution in [3.05, 3.63) is 0 Å². The molecule has 0 fully saturated rings. The van der Waals surface area contributed by atoms with Crippen LogP contribution in [0.15, 0.2) is 0 Å². The number of carbonyl (C=O) groups is 6. The summed E-state index contributed by atoms with van der Waals surface area (Å²) in [6.45, 7) is 10.1. The molecule has 0 aliphatic carbocycles. The van der Waals surface area contributed by atoms with Crippen LogP contribution in [-0.4, -0.2) is 90.5 Å². The molecule has 0 rings (SSSR count). The SMILES string of the molecule is CC[C@H](C)[C@H](NC(=O)[C@H](CC(C)C)NC(=O)[C@H](N)CO)C(=O)NCC(=O)N[C@@H](CCCCN)C(=O)N[C@@H](C(N)=O)C(C)C. The maximum atomic E-state index is 13.2. The Hall–Kier alpha value is -3.30. The van der Waals surface area contributed by atoms with Gasteiger partial charge in [0.05, 0.1) is 13.2 Å². The maximum Gasteiger partial charge on any atom is 0.243 e. The highest BCUT2D eigenvalue weighted by atomic mass is 16.3. The fourth-order valence-corrected chi connectivity index (χ4v) is 4.12. The second-order valence-corrected chi connectivity index (χ2v) is 11.6. The van der Waals surface area contributed by atoms with Gasteiger partial charge < -0.3 is 48.9 Å². The van der Waals surface area contributed by atoms with E-state index in [1.165, 1.54) is 0 Å². The zero-order chi connectivity index (χ0) is 33.3. The number of aliphatic hydroxyl groups excluding tert-OH is 1. The van der Waals surface area contributed by atoms with Crippen LogP contribution in [0.3, 0.4) is 0 Å². The third kappa shape index (κ3) is 15.1. The lowest BCUT2D eigenvalue weighted by atomic mass is 9.96. The highest BCUT2D eigenvalue weighted by Crippen LogP contribution is 2.11. The minimum Gasteiger partial charge on any atom is -0.394 e. The first-order chi connectivity index (χ1) is 20.1. The molecule has 15 heteroatoms. The molecule has 0 unspecified atom stereocenters. The van der Waals surface area contributed by atoms with E-state index in [9.17, 15) is 28.8 Å². The Morgan fingerprint density at radius 3 is 1.84 bits per heavy atom. The van der Waals surface area contributed by atoms with Crippen LogP contribution in [0.2, 0.25) is 0 Å². The molecule has 0 bridgehead atoms. The molecule has 6 atom stereocenters. The normalized spacial score (nSPS) is 15.4. The molecular weight excluding hydrogens is 560 g/mol. The number of carbonyl (C=O) groups excluding carboxylic acids is 6.